The third-order valence-corrected chi connectivity index (χ3v) is 4.16. The molecule has 4 heteroatoms. The van der Waals surface area contributed by atoms with E-state index in [0.717, 1.165) is 11.3 Å². The molecule has 2 aromatic rings. The molecular formula is C21H28N2O2. The molecule has 25 heavy (non-hydrogen) atoms. The number of anilines is 1. The second kappa shape index (κ2) is 10.5. The van der Waals surface area contributed by atoms with E-state index in [4.69, 9.17) is 4.74 Å². The number of pyridine rings is 1. The summed E-state index contributed by atoms with van der Waals surface area (Å²) >= 11 is 0. The summed E-state index contributed by atoms with van der Waals surface area (Å²) in [6.07, 6.45) is 8.04. The van der Waals surface area contributed by atoms with Gasteiger partial charge in [-0.15, -0.1) is 0 Å². The normalized spacial score (nSPS) is 14.2. The van der Waals surface area contributed by atoms with Gasteiger partial charge in [0.1, 0.15) is 12.3 Å². The Hall–Kier alpha value is -2.36. The molecule has 1 heterocycles. The van der Waals surface area contributed by atoms with Crippen molar-refractivity contribution in [3.63, 3.8) is 0 Å². The van der Waals surface area contributed by atoms with Crippen LogP contribution in [0.3, 0.4) is 0 Å². The number of rotatable bonds is 5. The Morgan fingerprint density at radius 2 is 1.80 bits per heavy atom. The molecule has 0 saturated heterocycles. The standard InChI is InChI=1S/C19H22N2O2.C2H6/c22-19(23-14-15-7-3-1-4-8-15)18-12-11-17(13-20-18)21-16-9-5-2-6-10-16;1-2/h1,3-4,7-8,11-13,16,21H,2,5-6,9-10,14H2;1-2H3. The maximum absolute atomic E-state index is 12.0. The van der Waals surface area contributed by atoms with Crippen LogP contribution in [0.1, 0.15) is 62.0 Å². The van der Waals surface area contributed by atoms with Crippen LogP contribution in [-0.2, 0) is 11.3 Å². The van der Waals surface area contributed by atoms with Gasteiger partial charge >= 0.3 is 5.97 Å². The quantitative estimate of drug-likeness (QED) is 0.759. The average molecular weight is 340 g/mol. The Labute approximate surface area is 150 Å². The van der Waals surface area contributed by atoms with Gasteiger partial charge in [-0.1, -0.05) is 63.4 Å². The van der Waals surface area contributed by atoms with Gasteiger partial charge in [0, 0.05) is 6.04 Å². The van der Waals surface area contributed by atoms with E-state index >= 15 is 0 Å². The molecule has 0 spiro atoms. The Balaban J connectivity index is 0.00000109. The third kappa shape index (κ3) is 6.22. The number of carbonyl (C=O) groups excluding carboxylic acids is 1. The van der Waals surface area contributed by atoms with Gasteiger partial charge < -0.3 is 10.1 Å². The van der Waals surface area contributed by atoms with Crippen molar-refractivity contribution < 1.29 is 9.53 Å². The van der Waals surface area contributed by atoms with E-state index in [1.165, 1.54) is 32.1 Å². The lowest BCUT2D eigenvalue weighted by molar-refractivity contribution is 0.0466. The van der Waals surface area contributed by atoms with Gasteiger partial charge in [-0.05, 0) is 30.5 Å². The topological polar surface area (TPSA) is 51.2 Å². The summed E-state index contributed by atoms with van der Waals surface area (Å²) in [6.45, 7) is 4.27. The van der Waals surface area contributed by atoms with Gasteiger partial charge in [0.25, 0.3) is 0 Å². The zero-order valence-corrected chi connectivity index (χ0v) is 15.2. The fourth-order valence-electron chi connectivity index (χ4n) is 2.88. The van der Waals surface area contributed by atoms with E-state index in [-0.39, 0.29) is 6.61 Å². The van der Waals surface area contributed by atoms with Crippen molar-refractivity contribution in [3.8, 4) is 0 Å². The smallest absolute Gasteiger partial charge is 0.357 e. The fourth-order valence-corrected chi connectivity index (χ4v) is 2.88. The first-order valence-corrected chi connectivity index (χ1v) is 9.25. The van der Waals surface area contributed by atoms with Gasteiger partial charge in [-0.3, -0.25) is 0 Å². The van der Waals surface area contributed by atoms with Crippen LogP contribution in [0.25, 0.3) is 0 Å². The van der Waals surface area contributed by atoms with E-state index in [2.05, 4.69) is 10.3 Å². The molecule has 0 unspecified atom stereocenters. The predicted molar refractivity (Wildman–Crippen MR) is 102 cm³/mol. The number of hydrogen-bond donors (Lipinski definition) is 1. The molecule has 1 N–H and O–H groups in total. The van der Waals surface area contributed by atoms with Crippen molar-refractivity contribution in [2.45, 2.75) is 58.6 Å². The van der Waals surface area contributed by atoms with Crippen LogP contribution in [-0.4, -0.2) is 17.0 Å². The average Bonchev–Trinajstić information content (AvgIpc) is 2.70. The molecule has 0 atom stereocenters. The number of hydrogen-bond acceptors (Lipinski definition) is 4. The zero-order chi connectivity index (χ0) is 17.9. The van der Waals surface area contributed by atoms with Crippen molar-refractivity contribution in [1.29, 1.82) is 0 Å². The van der Waals surface area contributed by atoms with Crippen LogP contribution in [0.15, 0.2) is 48.7 Å². The number of esters is 1. The van der Waals surface area contributed by atoms with E-state index < -0.39 is 5.97 Å². The van der Waals surface area contributed by atoms with Crippen molar-refractivity contribution in [3.05, 3.63) is 59.9 Å². The first-order chi connectivity index (χ1) is 12.3. The minimum absolute atomic E-state index is 0.267. The molecule has 1 aromatic heterocycles. The van der Waals surface area contributed by atoms with Gasteiger partial charge in [0.05, 0.1) is 11.9 Å². The number of benzene rings is 1. The van der Waals surface area contributed by atoms with E-state index in [1.54, 1.807) is 12.3 Å². The van der Waals surface area contributed by atoms with Crippen LogP contribution in [0.4, 0.5) is 5.69 Å². The van der Waals surface area contributed by atoms with Crippen molar-refractivity contribution >= 4 is 11.7 Å². The number of carbonyl (C=O) groups is 1. The number of nitrogens with zero attached hydrogens (tertiary/aromatic N) is 1. The molecule has 0 aliphatic heterocycles. The predicted octanol–water partition coefficient (Wildman–Crippen LogP) is 5.21. The number of ether oxygens (including phenoxy) is 1. The number of aromatic nitrogens is 1. The highest BCUT2D eigenvalue weighted by molar-refractivity contribution is 5.87. The summed E-state index contributed by atoms with van der Waals surface area (Å²) in [5.41, 5.74) is 2.28. The SMILES string of the molecule is CC.O=C(OCc1ccccc1)c1ccc(NC2CCCCC2)cn1. The highest BCUT2D eigenvalue weighted by Gasteiger charge is 2.14. The van der Waals surface area contributed by atoms with E-state index in [1.807, 2.05) is 50.2 Å². The molecule has 0 amide bonds. The van der Waals surface area contributed by atoms with E-state index in [9.17, 15) is 4.79 Å². The van der Waals surface area contributed by atoms with Crippen LogP contribution < -0.4 is 5.32 Å². The second-order valence-corrected chi connectivity index (χ2v) is 5.97. The lowest BCUT2D eigenvalue weighted by Crippen LogP contribution is -2.22. The largest absolute Gasteiger partial charge is 0.456 e. The Bertz CT molecular complexity index is 620. The molecule has 4 nitrogen and oxygen atoms in total. The minimum atomic E-state index is -0.391. The number of nitrogens with one attached hydrogen (secondary N) is 1. The summed E-state index contributed by atoms with van der Waals surface area (Å²) in [7, 11) is 0. The Morgan fingerprint density at radius 1 is 1.08 bits per heavy atom. The molecule has 1 aliphatic rings. The first kappa shape index (κ1) is 19.0. The molecular weight excluding hydrogens is 312 g/mol. The third-order valence-electron chi connectivity index (χ3n) is 4.16. The maximum atomic E-state index is 12.0. The molecule has 3 rings (SSSR count). The molecule has 1 aliphatic carbocycles. The summed E-state index contributed by atoms with van der Waals surface area (Å²) in [4.78, 5) is 16.2. The monoisotopic (exact) mass is 340 g/mol. The summed E-state index contributed by atoms with van der Waals surface area (Å²) in [5, 5.41) is 3.49. The highest BCUT2D eigenvalue weighted by Crippen LogP contribution is 2.21. The molecule has 0 radical (unpaired) electrons. The Morgan fingerprint density at radius 3 is 2.44 bits per heavy atom. The molecule has 0 bridgehead atoms. The fraction of sp³-hybridized carbons (Fsp3) is 0.429. The molecule has 1 saturated carbocycles. The van der Waals surface area contributed by atoms with Gasteiger partial charge in [-0.25, -0.2) is 9.78 Å². The zero-order valence-electron chi connectivity index (χ0n) is 15.2. The first-order valence-electron chi connectivity index (χ1n) is 9.25. The van der Waals surface area contributed by atoms with Crippen molar-refractivity contribution in [2.75, 3.05) is 5.32 Å². The van der Waals surface area contributed by atoms with Crippen molar-refractivity contribution in [1.82, 2.24) is 4.98 Å². The highest BCUT2D eigenvalue weighted by atomic mass is 16.5. The minimum Gasteiger partial charge on any atom is -0.456 e. The van der Waals surface area contributed by atoms with Crippen LogP contribution in [0.5, 0.6) is 0 Å². The van der Waals surface area contributed by atoms with Gasteiger partial charge in [0.2, 0.25) is 0 Å². The maximum Gasteiger partial charge on any atom is 0.357 e. The van der Waals surface area contributed by atoms with Crippen LogP contribution in [0, 0.1) is 0 Å². The second-order valence-electron chi connectivity index (χ2n) is 5.97. The molecule has 134 valence electrons. The van der Waals surface area contributed by atoms with Crippen molar-refractivity contribution in [2.24, 2.45) is 0 Å². The summed E-state index contributed by atoms with van der Waals surface area (Å²) < 4.78 is 5.28. The van der Waals surface area contributed by atoms with Crippen LogP contribution >= 0.6 is 0 Å². The lowest BCUT2D eigenvalue weighted by Gasteiger charge is -2.23. The summed E-state index contributed by atoms with van der Waals surface area (Å²) in [6, 6.07) is 13.8. The van der Waals surface area contributed by atoms with E-state index in [0.29, 0.717) is 11.7 Å². The van der Waals surface area contributed by atoms with Gasteiger partial charge in [-0.2, -0.15) is 0 Å². The lowest BCUT2D eigenvalue weighted by atomic mass is 9.95. The summed E-state index contributed by atoms with van der Waals surface area (Å²) in [5.74, 6) is -0.391. The van der Waals surface area contributed by atoms with Gasteiger partial charge in [0.15, 0.2) is 0 Å². The molecule has 1 fully saturated rings. The Kier molecular flexibility index (Phi) is 7.96. The van der Waals surface area contributed by atoms with Crippen LogP contribution in [0.2, 0.25) is 0 Å². The molecule has 1 aromatic carbocycles.